The number of amides is 1. The summed E-state index contributed by atoms with van der Waals surface area (Å²) in [5.41, 5.74) is 3.33. The van der Waals surface area contributed by atoms with Gasteiger partial charge in [-0.3, -0.25) is 24.6 Å². The minimum Gasteiger partial charge on any atom is -0.352 e. The molecule has 0 radical (unpaired) electrons. The van der Waals surface area contributed by atoms with E-state index in [1.165, 1.54) is 5.56 Å². The van der Waals surface area contributed by atoms with Gasteiger partial charge in [0.05, 0.1) is 6.20 Å². The summed E-state index contributed by atoms with van der Waals surface area (Å²) in [5, 5.41) is 9.78. The number of carbonyl (C=O) groups is 1. The lowest BCUT2D eigenvalue weighted by atomic mass is 9.83. The highest BCUT2D eigenvalue weighted by Crippen LogP contribution is 2.35. The van der Waals surface area contributed by atoms with E-state index in [1.807, 2.05) is 35.2 Å². The molecule has 160 valence electrons. The molecule has 8 heteroatoms. The summed E-state index contributed by atoms with van der Waals surface area (Å²) in [4.78, 5) is 32.3. The first kappa shape index (κ1) is 19.7. The standard InChI is InChI=1S/C23H26N6O2/c30-22(25-7-5-16-2-1-6-24-9-16)20-3-4-21-19-8-17(14-29(21)23(20)31)12-28(15-19)13-18-10-26-27-11-18/h1-4,6,9-11,17,19H,5,7-8,12-15H2,(H,25,30)(H,26,27)/t17-,19+/m0/s1. The number of nitrogens with zero attached hydrogens (tertiary/aromatic N) is 4. The lowest BCUT2D eigenvalue weighted by molar-refractivity contribution is 0.0947. The Bertz CT molecular complexity index is 1110. The second kappa shape index (κ2) is 8.47. The first-order chi connectivity index (χ1) is 15.2. The zero-order chi connectivity index (χ0) is 21.2. The Morgan fingerprint density at radius 2 is 2.10 bits per heavy atom. The summed E-state index contributed by atoms with van der Waals surface area (Å²) >= 11 is 0. The molecule has 0 spiro atoms. The lowest BCUT2D eigenvalue weighted by Gasteiger charge is -2.42. The van der Waals surface area contributed by atoms with Gasteiger partial charge >= 0.3 is 0 Å². The fourth-order valence-corrected chi connectivity index (χ4v) is 4.93. The minimum atomic E-state index is -0.304. The van der Waals surface area contributed by atoms with Gasteiger partial charge in [0.2, 0.25) is 0 Å². The van der Waals surface area contributed by atoms with E-state index in [2.05, 4.69) is 25.4 Å². The van der Waals surface area contributed by atoms with Crippen LogP contribution in [0.1, 0.15) is 39.5 Å². The van der Waals surface area contributed by atoms with Crippen molar-refractivity contribution >= 4 is 5.91 Å². The van der Waals surface area contributed by atoms with Gasteiger partial charge in [0.15, 0.2) is 0 Å². The highest BCUT2D eigenvalue weighted by Gasteiger charge is 2.35. The molecule has 2 N–H and O–H groups in total. The predicted molar refractivity (Wildman–Crippen MR) is 116 cm³/mol. The van der Waals surface area contributed by atoms with E-state index in [9.17, 15) is 9.59 Å². The molecule has 8 nitrogen and oxygen atoms in total. The summed E-state index contributed by atoms with van der Waals surface area (Å²) in [6, 6.07) is 7.52. The Kier molecular flexibility index (Phi) is 5.38. The largest absolute Gasteiger partial charge is 0.352 e. The topological polar surface area (TPSA) is 95.9 Å². The summed E-state index contributed by atoms with van der Waals surface area (Å²) in [7, 11) is 0. The molecule has 3 aromatic rings. The molecule has 5 rings (SSSR count). The Hall–Kier alpha value is -3.26. The third-order valence-corrected chi connectivity index (χ3v) is 6.31. The molecule has 2 aliphatic rings. The summed E-state index contributed by atoms with van der Waals surface area (Å²) < 4.78 is 1.84. The molecule has 2 aliphatic heterocycles. The van der Waals surface area contributed by atoms with Crippen LogP contribution in [-0.2, 0) is 19.5 Å². The lowest BCUT2D eigenvalue weighted by Crippen LogP contribution is -2.47. The van der Waals surface area contributed by atoms with E-state index in [0.29, 0.717) is 31.3 Å². The van der Waals surface area contributed by atoms with Crippen molar-refractivity contribution < 1.29 is 4.79 Å². The van der Waals surface area contributed by atoms with E-state index in [-0.39, 0.29) is 17.0 Å². The quantitative estimate of drug-likeness (QED) is 0.633. The molecule has 0 aliphatic carbocycles. The van der Waals surface area contributed by atoms with E-state index < -0.39 is 0 Å². The molecule has 3 aromatic heterocycles. The normalized spacial score (nSPS) is 20.3. The average Bonchev–Trinajstić information content (AvgIpc) is 3.28. The molecule has 0 unspecified atom stereocenters. The molecule has 5 heterocycles. The maximum absolute atomic E-state index is 13.1. The van der Waals surface area contributed by atoms with Crippen LogP contribution in [0, 0.1) is 5.92 Å². The zero-order valence-electron chi connectivity index (χ0n) is 17.3. The molecular weight excluding hydrogens is 392 g/mol. The number of aromatic nitrogens is 4. The minimum absolute atomic E-state index is 0.172. The maximum Gasteiger partial charge on any atom is 0.263 e. The first-order valence-electron chi connectivity index (χ1n) is 10.8. The van der Waals surface area contributed by atoms with E-state index in [0.717, 1.165) is 37.3 Å². The number of aromatic amines is 1. The second-order valence-corrected chi connectivity index (χ2v) is 8.55. The van der Waals surface area contributed by atoms with Gasteiger partial charge in [0.1, 0.15) is 5.56 Å². The van der Waals surface area contributed by atoms with Gasteiger partial charge in [-0.25, -0.2) is 0 Å². The van der Waals surface area contributed by atoms with Crippen LogP contribution in [0.3, 0.4) is 0 Å². The number of pyridine rings is 2. The van der Waals surface area contributed by atoms with Gasteiger partial charge in [-0.2, -0.15) is 5.10 Å². The van der Waals surface area contributed by atoms with Gasteiger partial charge in [0, 0.05) is 68.5 Å². The van der Waals surface area contributed by atoms with Crippen molar-refractivity contribution in [3.63, 3.8) is 0 Å². The molecule has 31 heavy (non-hydrogen) atoms. The number of hydrogen-bond acceptors (Lipinski definition) is 5. The van der Waals surface area contributed by atoms with Crippen molar-refractivity contribution in [2.24, 2.45) is 5.92 Å². The van der Waals surface area contributed by atoms with Crippen LogP contribution in [0.15, 0.2) is 53.8 Å². The number of H-pyrrole nitrogens is 1. The Balaban J connectivity index is 1.28. The molecule has 0 aromatic carbocycles. The molecule has 2 atom stereocenters. The van der Waals surface area contributed by atoms with E-state index in [4.69, 9.17) is 0 Å². The summed E-state index contributed by atoms with van der Waals surface area (Å²) in [5.74, 6) is 0.427. The van der Waals surface area contributed by atoms with E-state index in [1.54, 1.807) is 18.5 Å². The smallest absolute Gasteiger partial charge is 0.263 e. The Labute approximate surface area is 180 Å². The molecule has 0 saturated carbocycles. The predicted octanol–water partition coefficient (Wildman–Crippen LogP) is 1.56. The summed E-state index contributed by atoms with van der Waals surface area (Å²) in [6.45, 7) is 3.88. The Morgan fingerprint density at radius 3 is 2.90 bits per heavy atom. The van der Waals surface area contributed by atoms with Crippen molar-refractivity contribution in [2.45, 2.75) is 31.8 Å². The number of carbonyl (C=O) groups excluding carboxylic acids is 1. The van der Waals surface area contributed by atoms with Crippen molar-refractivity contribution in [3.05, 3.63) is 81.8 Å². The second-order valence-electron chi connectivity index (χ2n) is 8.55. The first-order valence-corrected chi connectivity index (χ1v) is 10.8. The van der Waals surface area contributed by atoms with Crippen molar-refractivity contribution in [3.8, 4) is 0 Å². The number of hydrogen-bond donors (Lipinski definition) is 2. The fourth-order valence-electron chi connectivity index (χ4n) is 4.93. The molecule has 1 amide bonds. The third kappa shape index (κ3) is 4.16. The molecule has 2 bridgehead atoms. The number of piperidine rings is 1. The number of fused-ring (bicyclic) bond motifs is 4. The van der Waals surface area contributed by atoms with E-state index >= 15 is 0 Å². The maximum atomic E-state index is 13.1. The third-order valence-electron chi connectivity index (χ3n) is 6.31. The van der Waals surface area contributed by atoms with Crippen LogP contribution in [0.5, 0.6) is 0 Å². The van der Waals surface area contributed by atoms with Gasteiger partial charge in [-0.1, -0.05) is 6.07 Å². The number of rotatable bonds is 6. The van der Waals surface area contributed by atoms with Crippen LogP contribution in [0.25, 0.3) is 0 Å². The SMILES string of the molecule is O=C(NCCc1cccnc1)c1ccc2n(c1=O)C[C@H]1C[C@@H]2CN(Cc2cn[nH]c2)C1. The average molecular weight is 419 g/mol. The van der Waals surface area contributed by atoms with Crippen LogP contribution in [0.4, 0.5) is 0 Å². The fraction of sp³-hybridized carbons (Fsp3) is 0.391. The van der Waals surface area contributed by atoms with Crippen molar-refractivity contribution in [1.29, 1.82) is 0 Å². The molecular formula is C23H26N6O2. The highest BCUT2D eigenvalue weighted by atomic mass is 16.2. The van der Waals surface area contributed by atoms with Gasteiger partial charge in [0.25, 0.3) is 11.5 Å². The van der Waals surface area contributed by atoms with Crippen LogP contribution in [-0.4, -0.2) is 50.2 Å². The van der Waals surface area contributed by atoms with Gasteiger partial charge < -0.3 is 9.88 Å². The number of nitrogens with one attached hydrogen (secondary N) is 2. The van der Waals surface area contributed by atoms with Crippen molar-refractivity contribution in [1.82, 2.24) is 30.0 Å². The molecule has 1 saturated heterocycles. The monoisotopic (exact) mass is 418 g/mol. The van der Waals surface area contributed by atoms with Gasteiger partial charge in [-0.15, -0.1) is 0 Å². The number of likely N-dealkylation sites (tertiary alicyclic amines) is 1. The zero-order valence-corrected chi connectivity index (χ0v) is 17.3. The van der Waals surface area contributed by atoms with Crippen LogP contribution in [0.2, 0.25) is 0 Å². The molecule has 1 fully saturated rings. The van der Waals surface area contributed by atoms with Crippen molar-refractivity contribution in [2.75, 3.05) is 19.6 Å². The van der Waals surface area contributed by atoms with Crippen LogP contribution < -0.4 is 10.9 Å². The van der Waals surface area contributed by atoms with Crippen LogP contribution >= 0.6 is 0 Å². The highest BCUT2D eigenvalue weighted by molar-refractivity contribution is 5.93. The van der Waals surface area contributed by atoms with Gasteiger partial charge in [-0.05, 0) is 42.5 Å². The Morgan fingerprint density at radius 1 is 1.16 bits per heavy atom. The summed E-state index contributed by atoms with van der Waals surface area (Å²) in [6.07, 6.45) is 9.08.